The van der Waals surface area contributed by atoms with Crippen LogP contribution >= 0.6 is 0 Å². The fraction of sp³-hybridized carbons (Fsp3) is 0.381. The number of aliphatic hydroxyl groups is 1. The van der Waals surface area contributed by atoms with Crippen LogP contribution in [0.25, 0.3) is 0 Å². The number of ether oxygens (including phenoxy) is 2. The maximum Gasteiger partial charge on any atom is 0.310 e. The maximum atomic E-state index is 13.3. The lowest BCUT2D eigenvalue weighted by molar-refractivity contribution is -0.149. The lowest BCUT2D eigenvalue weighted by Gasteiger charge is -2.34. The van der Waals surface area contributed by atoms with E-state index in [2.05, 4.69) is 0 Å². The summed E-state index contributed by atoms with van der Waals surface area (Å²) < 4.78 is 24.5. The third-order valence-electron chi connectivity index (χ3n) is 4.90. The number of methoxy groups -OCH3 is 1. The van der Waals surface area contributed by atoms with E-state index >= 15 is 0 Å². The van der Waals surface area contributed by atoms with Crippen LogP contribution in [0.4, 0.5) is 4.39 Å². The minimum absolute atomic E-state index is 0.220. The number of hydrogen-bond acceptors (Lipinski definition) is 5. The summed E-state index contributed by atoms with van der Waals surface area (Å²) in [6, 6.07) is 11.8. The fourth-order valence-corrected chi connectivity index (χ4v) is 3.37. The van der Waals surface area contributed by atoms with Gasteiger partial charge in [-0.1, -0.05) is 18.2 Å². The SMILES string of the molecule is COc1cc(CN2CC[C@@H](O)[C@@H](C(=O)O)C2)ccc1OCc1cccc(F)c1. The summed E-state index contributed by atoms with van der Waals surface area (Å²) in [5.41, 5.74) is 1.67. The molecule has 28 heavy (non-hydrogen) atoms. The van der Waals surface area contributed by atoms with Crippen molar-refractivity contribution in [1.29, 1.82) is 0 Å². The molecule has 1 heterocycles. The molecule has 2 aromatic rings. The second kappa shape index (κ2) is 9.03. The van der Waals surface area contributed by atoms with Gasteiger partial charge in [0.05, 0.1) is 19.1 Å². The molecule has 1 aliphatic heterocycles. The molecule has 6 nitrogen and oxygen atoms in total. The second-order valence-electron chi connectivity index (χ2n) is 6.94. The van der Waals surface area contributed by atoms with Crippen molar-refractivity contribution >= 4 is 5.97 Å². The monoisotopic (exact) mass is 389 g/mol. The lowest BCUT2D eigenvalue weighted by Crippen LogP contribution is -2.46. The zero-order valence-electron chi connectivity index (χ0n) is 15.7. The molecule has 1 aliphatic rings. The number of aliphatic carboxylic acids is 1. The minimum atomic E-state index is -0.976. The molecule has 0 bridgehead atoms. The van der Waals surface area contributed by atoms with E-state index in [1.165, 1.54) is 12.1 Å². The number of aliphatic hydroxyl groups excluding tert-OH is 1. The van der Waals surface area contributed by atoms with Crippen molar-refractivity contribution in [3.63, 3.8) is 0 Å². The molecule has 1 fully saturated rings. The highest BCUT2D eigenvalue weighted by atomic mass is 19.1. The van der Waals surface area contributed by atoms with E-state index in [4.69, 9.17) is 9.47 Å². The van der Waals surface area contributed by atoms with Crippen LogP contribution in [-0.2, 0) is 17.9 Å². The zero-order chi connectivity index (χ0) is 20.1. The summed E-state index contributed by atoms with van der Waals surface area (Å²) in [4.78, 5) is 13.3. The van der Waals surface area contributed by atoms with Gasteiger partial charge < -0.3 is 19.7 Å². The van der Waals surface area contributed by atoms with E-state index in [9.17, 15) is 19.4 Å². The van der Waals surface area contributed by atoms with Gasteiger partial charge in [-0.05, 0) is 41.8 Å². The molecule has 2 atom stereocenters. The molecule has 1 saturated heterocycles. The molecule has 0 spiro atoms. The summed E-state index contributed by atoms with van der Waals surface area (Å²) in [6.45, 7) is 1.70. The van der Waals surface area contributed by atoms with Gasteiger partial charge in [-0.15, -0.1) is 0 Å². The summed E-state index contributed by atoms with van der Waals surface area (Å²) in [5, 5.41) is 19.1. The third-order valence-corrected chi connectivity index (χ3v) is 4.90. The van der Waals surface area contributed by atoms with Gasteiger partial charge in [0.25, 0.3) is 0 Å². The van der Waals surface area contributed by atoms with Crippen LogP contribution in [0, 0.1) is 11.7 Å². The molecule has 0 aliphatic carbocycles. The highest BCUT2D eigenvalue weighted by Crippen LogP contribution is 2.30. The van der Waals surface area contributed by atoms with E-state index in [-0.39, 0.29) is 12.4 Å². The Kier molecular flexibility index (Phi) is 6.49. The van der Waals surface area contributed by atoms with Gasteiger partial charge in [0.2, 0.25) is 0 Å². The summed E-state index contributed by atoms with van der Waals surface area (Å²) in [7, 11) is 1.55. The van der Waals surface area contributed by atoms with Crippen LogP contribution in [-0.4, -0.2) is 47.4 Å². The summed E-state index contributed by atoms with van der Waals surface area (Å²) >= 11 is 0. The van der Waals surface area contributed by atoms with E-state index in [0.717, 1.165) is 11.1 Å². The predicted molar refractivity (Wildman–Crippen MR) is 101 cm³/mol. The molecule has 0 unspecified atom stereocenters. The first-order chi connectivity index (χ1) is 13.5. The topological polar surface area (TPSA) is 79.2 Å². The van der Waals surface area contributed by atoms with E-state index < -0.39 is 18.0 Å². The molecule has 0 amide bonds. The minimum Gasteiger partial charge on any atom is -0.493 e. The predicted octanol–water partition coefficient (Wildman–Crippen LogP) is 2.68. The Labute approximate surface area is 163 Å². The zero-order valence-corrected chi connectivity index (χ0v) is 15.7. The van der Waals surface area contributed by atoms with Gasteiger partial charge in [-0.3, -0.25) is 9.69 Å². The molecule has 3 rings (SSSR count). The van der Waals surface area contributed by atoms with Crippen molar-refractivity contribution in [2.45, 2.75) is 25.7 Å². The van der Waals surface area contributed by atoms with Crippen LogP contribution in [0.5, 0.6) is 11.5 Å². The van der Waals surface area contributed by atoms with Crippen LogP contribution in [0.1, 0.15) is 17.5 Å². The Bertz CT molecular complexity index is 828. The van der Waals surface area contributed by atoms with Crippen molar-refractivity contribution < 1.29 is 28.9 Å². The fourth-order valence-electron chi connectivity index (χ4n) is 3.37. The normalized spacial score (nSPS) is 20.0. The Hall–Kier alpha value is -2.64. The standard InChI is InChI=1S/C21H24FNO5/c1-27-20-10-14(11-23-8-7-18(24)17(12-23)21(25)26)5-6-19(20)28-13-15-3-2-4-16(22)9-15/h2-6,9-10,17-18,24H,7-8,11-13H2,1H3,(H,25,26)/t17-,18+/m0/s1. The third kappa shape index (κ3) is 4.99. The molecule has 0 saturated carbocycles. The number of benzene rings is 2. The van der Waals surface area contributed by atoms with Crippen molar-refractivity contribution in [2.24, 2.45) is 5.92 Å². The number of nitrogens with zero attached hydrogens (tertiary/aromatic N) is 1. The Morgan fingerprint density at radius 2 is 2.04 bits per heavy atom. The number of carboxylic acids is 1. The van der Waals surface area contributed by atoms with Gasteiger partial charge in [-0.2, -0.15) is 0 Å². The maximum absolute atomic E-state index is 13.3. The largest absolute Gasteiger partial charge is 0.493 e. The average molecular weight is 389 g/mol. The average Bonchev–Trinajstić information content (AvgIpc) is 2.68. The number of halogens is 1. The van der Waals surface area contributed by atoms with Crippen LogP contribution < -0.4 is 9.47 Å². The number of piperidine rings is 1. The van der Waals surface area contributed by atoms with Gasteiger partial charge in [-0.25, -0.2) is 4.39 Å². The van der Waals surface area contributed by atoms with Gasteiger partial charge in [0.1, 0.15) is 12.4 Å². The Balaban J connectivity index is 1.65. The first kappa shape index (κ1) is 20.1. The molecule has 2 aromatic carbocycles. The number of rotatable bonds is 7. The van der Waals surface area contributed by atoms with E-state index in [1.807, 2.05) is 17.0 Å². The summed E-state index contributed by atoms with van der Waals surface area (Å²) in [5.74, 6) is -0.955. The molecule has 0 radical (unpaired) electrons. The quantitative estimate of drug-likeness (QED) is 0.758. The Morgan fingerprint density at radius 3 is 2.75 bits per heavy atom. The van der Waals surface area contributed by atoms with Crippen molar-refractivity contribution in [2.75, 3.05) is 20.2 Å². The lowest BCUT2D eigenvalue weighted by atomic mass is 9.94. The van der Waals surface area contributed by atoms with Crippen LogP contribution in [0.2, 0.25) is 0 Å². The molecular formula is C21H24FNO5. The summed E-state index contributed by atoms with van der Waals surface area (Å²) in [6.07, 6.45) is -0.370. The van der Waals surface area contributed by atoms with Crippen LogP contribution in [0.15, 0.2) is 42.5 Å². The van der Waals surface area contributed by atoms with Crippen molar-refractivity contribution in [3.8, 4) is 11.5 Å². The molecule has 2 N–H and O–H groups in total. The van der Waals surface area contributed by atoms with Crippen molar-refractivity contribution in [3.05, 3.63) is 59.4 Å². The number of hydrogen-bond donors (Lipinski definition) is 2. The molecule has 150 valence electrons. The van der Waals surface area contributed by atoms with Crippen LogP contribution in [0.3, 0.4) is 0 Å². The molecular weight excluding hydrogens is 365 g/mol. The highest BCUT2D eigenvalue weighted by molar-refractivity contribution is 5.71. The second-order valence-corrected chi connectivity index (χ2v) is 6.94. The van der Waals surface area contributed by atoms with Gasteiger partial charge >= 0.3 is 5.97 Å². The van der Waals surface area contributed by atoms with E-state index in [1.54, 1.807) is 25.3 Å². The molecule has 0 aromatic heterocycles. The highest BCUT2D eigenvalue weighted by Gasteiger charge is 2.33. The first-order valence-electron chi connectivity index (χ1n) is 9.13. The molecule has 7 heteroatoms. The number of carbonyl (C=O) groups is 1. The van der Waals surface area contributed by atoms with Gasteiger partial charge in [0.15, 0.2) is 11.5 Å². The first-order valence-corrected chi connectivity index (χ1v) is 9.13. The van der Waals surface area contributed by atoms with Crippen molar-refractivity contribution in [1.82, 2.24) is 4.90 Å². The Morgan fingerprint density at radius 1 is 1.21 bits per heavy atom. The number of likely N-dealkylation sites (tertiary alicyclic amines) is 1. The van der Waals surface area contributed by atoms with E-state index in [0.29, 0.717) is 37.6 Å². The number of carboxylic acid groups (broad SMARTS) is 1. The van der Waals surface area contributed by atoms with Gasteiger partial charge in [0, 0.05) is 19.6 Å². The smallest absolute Gasteiger partial charge is 0.310 e.